The van der Waals surface area contributed by atoms with Crippen LogP contribution in [0.15, 0.2) is 0 Å². The first-order chi connectivity index (χ1) is 7.79. The van der Waals surface area contributed by atoms with Crippen LogP contribution in [0.4, 0.5) is 0 Å². The van der Waals surface area contributed by atoms with Crippen molar-refractivity contribution in [3.8, 4) is 0 Å². The third-order valence-electron chi connectivity index (χ3n) is 4.45. The first-order valence-corrected chi connectivity index (χ1v) is 7.49. The van der Waals surface area contributed by atoms with Crippen LogP contribution in [0.2, 0.25) is 0 Å². The number of nitrogens with one attached hydrogen (secondary N) is 1. The van der Waals surface area contributed by atoms with E-state index < -0.39 is 0 Å². The zero-order valence-corrected chi connectivity index (χ0v) is 11.8. The Hall–Kier alpha value is -0.0400. The highest BCUT2D eigenvalue weighted by Gasteiger charge is 2.34. The first-order valence-electron chi connectivity index (χ1n) is 7.49. The summed E-state index contributed by atoms with van der Waals surface area (Å²) in [5.74, 6) is 3.92. The van der Waals surface area contributed by atoms with Gasteiger partial charge in [-0.2, -0.15) is 0 Å². The number of hydrogen-bond acceptors (Lipinski definition) is 1. The second-order valence-corrected chi connectivity index (χ2v) is 5.61. The monoisotopic (exact) mass is 225 g/mol. The molecule has 0 aromatic heterocycles. The quantitative estimate of drug-likeness (QED) is 0.709. The number of fused-ring (bicyclic) bond motifs is 1. The maximum atomic E-state index is 3.60. The standard InChI is InChI=1S/C13H25N.C2H6/c1-10(2)12-6-4-3-5-11-7-8-14-9-13(11)12;1-2/h10-14H,3-9H2,1-2H3;1-2H3. The van der Waals surface area contributed by atoms with Crippen LogP contribution in [0.3, 0.4) is 0 Å². The summed E-state index contributed by atoms with van der Waals surface area (Å²) in [6.07, 6.45) is 7.41. The van der Waals surface area contributed by atoms with Gasteiger partial charge in [0.15, 0.2) is 0 Å². The molecule has 1 saturated carbocycles. The van der Waals surface area contributed by atoms with Gasteiger partial charge in [-0.15, -0.1) is 0 Å². The van der Waals surface area contributed by atoms with E-state index in [9.17, 15) is 0 Å². The summed E-state index contributed by atoms with van der Waals surface area (Å²) in [6.45, 7) is 11.4. The van der Waals surface area contributed by atoms with Crippen molar-refractivity contribution in [2.75, 3.05) is 13.1 Å². The predicted octanol–water partition coefficient (Wildman–Crippen LogP) is 4.08. The van der Waals surface area contributed by atoms with Gasteiger partial charge in [-0.1, -0.05) is 47.0 Å². The minimum Gasteiger partial charge on any atom is -0.316 e. The molecule has 3 unspecified atom stereocenters. The highest BCUT2D eigenvalue weighted by molar-refractivity contribution is 4.86. The van der Waals surface area contributed by atoms with E-state index in [1.807, 2.05) is 13.8 Å². The molecule has 1 heteroatoms. The van der Waals surface area contributed by atoms with Crippen LogP contribution >= 0.6 is 0 Å². The molecule has 0 spiro atoms. The van der Waals surface area contributed by atoms with E-state index in [1.54, 1.807) is 0 Å². The van der Waals surface area contributed by atoms with Crippen LogP contribution in [0.1, 0.15) is 59.8 Å². The summed E-state index contributed by atoms with van der Waals surface area (Å²) in [5, 5.41) is 3.60. The van der Waals surface area contributed by atoms with E-state index in [0.717, 1.165) is 23.7 Å². The minimum atomic E-state index is 0.889. The van der Waals surface area contributed by atoms with Crippen LogP contribution in [0, 0.1) is 23.7 Å². The zero-order valence-electron chi connectivity index (χ0n) is 11.8. The van der Waals surface area contributed by atoms with Crippen LogP contribution in [0.5, 0.6) is 0 Å². The lowest BCUT2D eigenvalue weighted by Crippen LogP contribution is -2.41. The number of piperidine rings is 1. The van der Waals surface area contributed by atoms with Gasteiger partial charge in [-0.25, -0.2) is 0 Å². The van der Waals surface area contributed by atoms with E-state index in [-0.39, 0.29) is 0 Å². The molecule has 1 N–H and O–H groups in total. The van der Waals surface area contributed by atoms with Gasteiger partial charge in [0.1, 0.15) is 0 Å². The van der Waals surface area contributed by atoms with Gasteiger partial charge in [-0.05, 0) is 49.6 Å². The summed E-state index contributed by atoms with van der Waals surface area (Å²) in [7, 11) is 0. The van der Waals surface area contributed by atoms with Crippen LogP contribution in [-0.2, 0) is 0 Å². The van der Waals surface area contributed by atoms with E-state index in [4.69, 9.17) is 0 Å². The molecule has 2 fully saturated rings. The van der Waals surface area contributed by atoms with Crippen molar-refractivity contribution in [2.24, 2.45) is 23.7 Å². The summed E-state index contributed by atoms with van der Waals surface area (Å²) in [5.41, 5.74) is 0. The molecule has 3 atom stereocenters. The Kier molecular flexibility index (Phi) is 6.41. The average molecular weight is 225 g/mol. The number of hydrogen-bond donors (Lipinski definition) is 1. The Balaban J connectivity index is 0.000000606. The summed E-state index contributed by atoms with van der Waals surface area (Å²) in [6, 6.07) is 0. The molecule has 1 nitrogen and oxygen atoms in total. The maximum Gasteiger partial charge on any atom is -0.00151 e. The van der Waals surface area contributed by atoms with Crippen molar-refractivity contribution < 1.29 is 0 Å². The van der Waals surface area contributed by atoms with E-state index in [1.165, 1.54) is 45.2 Å². The van der Waals surface area contributed by atoms with Gasteiger partial charge in [0.2, 0.25) is 0 Å². The fourth-order valence-corrected chi connectivity index (χ4v) is 3.62. The Bertz CT molecular complexity index is 176. The lowest BCUT2D eigenvalue weighted by atomic mass is 9.72. The smallest absolute Gasteiger partial charge is 0.00151 e. The maximum absolute atomic E-state index is 3.60. The largest absolute Gasteiger partial charge is 0.316 e. The van der Waals surface area contributed by atoms with E-state index in [2.05, 4.69) is 19.2 Å². The van der Waals surface area contributed by atoms with Crippen molar-refractivity contribution in [3.05, 3.63) is 0 Å². The number of rotatable bonds is 1. The normalized spacial score (nSPS) is 34.7. The molecule has 0 bridgehead atoms. The van der Waals surface area contributed by atoms with Gasteiger partial charge >= 0.3 is 0 Å². The Morgan fingerprint density at radius 2 is 1.69 bits per heavy atom. The molecular formula is C15H31N. The first kappa shape index (κ1) is 14.0. The lowest BCUT2D eigenvalue weighted by molar-refractivity contribution is 0.143. The van der Waals surface area contributed by atoms with E-state index >= 15 is 0 Å². The molecule has 0 amide bonds. The molecule has 0 radical (unpaired) electrons. The molecule has 0 aromatic carbocycles. The topological polar surface area (TPSA) is 12.0 Å². The molecule has 2 aliphatic rings. The van der Waals surface area contributed by atoms with Crippen molar-refractivity contribution in [1.29, 1.82) is 0 Å². The molecule has 16 heavy (non-hydrogen) atoms. The second kappa shape index (κ2) is 7.32. The lowest BCUT2D eigenvalue weighted by Gasteiger charge is -2.37. The molecule has 2 rings (SSSR count). The van der Waals surface area contributed by atoms with Gasteiger partial charge < -0.3 is 5.32 Å². The summed E-state index contributed by atoms with van der Waals surface area (Å²) in [4.78, 5) is 0. The van der Waals surface area contributed by atoms with Crippen LogP contribution in [0.25, 0.3) is 0 Å². The Morgan fingerprint density at radius 3 is 2.38 bits per heavy atom. The molecule has 1 saturated heterocycles. The Morgan fingerprint density at radius 1 is 1.00 bits per heavy atom. The molecule has 1 heterocycles. The third-order valence-corrected chi connectivity index (χ3v) is 4.45. The predicted molar refractivity (Wildman–Crippen MR) is 72.6 cm³/mol. The van der Waals surface area contributed by atoms with Crippen molar-refractivity contribution in [2.45, 2.75) is 59.8 Å². The fraction of sp³-hybridized carbons (Fsp3) is 1.00. The van der Waals surface area contributed by atoms with Gasteiger partial charge in [0.05, 0.1) is 0 Å². The van der Waals surface area contributed by atoms with Crippen molar-refractivity contribution in [1.82, 2.24) is 5.32 Å². The van der Waals surface area contributed by atoms with Gasteiger partial charge in [0, 0.05) is 0 Å². The third kappa shape index (κ3) is 3.48. The minimum absolute atomic E-state index is 0.889. The molecule has 96 valence electrons. The van der Waals surface area contributed by atoms with Crippen molar-refractivity contribution in [3.63, 3.8) is 0 Å². The average Bonchev–Trinajstić information content (AvgIpc) is 2.53. The second-order valence-electron chi connectivity index (χ2n) is 5.61. The van der Waals surface area contributed by atoms with Crippen molar-refractivity contribution >= 4 is 0 Å². The Labute approximate surface area is 102 Å². The SMILES string of the molecule is CC.CC(C)C1CCCCC2CCNCC21. The molecule has 1 aliphatic carbocycles. The zero-order chi connectivity index (χ0) is 12.0. The molecular weight excluding hydrogens is 194 g/mol. The highest BCUT2D eigenvalue weighted by atomic mass is 14.9. The highest BCUT2D eigenvalue weighted by Crippen LogP contribution is 2.39. The van der Waals surface area contributed by atoms with Crippen LogP contribution in [-0.4, -0.2) is 13.1 Å². The summed E-state index contributed by atoms with van der Waals surface area (Å²) < 4.78 is 0. The molecule has 1 aliphatic heterocycles. The van der Waals surface area contributed by atoms with E-state index in [0.29, 0.717) is 0 Å². The fourth-order valence-electron chi connectivity index (χ4n) is 3.62. The summed E-state index contributed by atoms with van der Waals surface area (Å²) >= 11 is 0. The molecule has 0 aromatic rings. The van der Waals surface area contributed by atoms with Gasteiger partial charge in [-0.3, -0.25) is 0 Å². The van der Waals surface area contributed by atoms with Gasteiger partial charge in [0.25, 0.3) is 0 Å². The van der Waals surface area contributed by atoms with Crippen LogP contribution < -0.4 is 5.32 Å².